The summed E-state index contributed by atoms with van der Waals surface area (Å²) in [5.41, 5.74) is 4.29. The van der Waals surface area contributed by atoms with Crippen LogP contribution in [0.15, 0.2) is 119 Å². The smallest absolute Gasteiger partial charge is 0.307 e. The van der Waals surface area contributed by atoms with Gasteiger partial charge in [0.15, 0.2) is 0 Å². The number of carbonyl (C=O) groups excluding carboxylic acids is 3. The first-order valence-electron chi connectivity index (χ1n) is 27.8. The third-order valence-electron chi connectivity index (χ3n) is 14.5. The number of hydrogen-bond donors (Lipinski definition) is 3. The van der Waals surface area contributed by atoms with E-state index in [1.807, 2.05) is 82.3 Å². The van der Waals surface area contributed by atoms with Crippen LogP contribution in [0.25, 0.3) is 21.8 Å². The number of anilines is 2. The van der Waals surface area contributed by atoms with Crippen LogP contribution in [0.1, 0.15) is 140 Å². The number of carboxylic acid groups (broad SMARTS) is 1. The van der Waals surface area contributed by atoms with Crippen LogP contribution in [0.2, 0.25) is 0 Å². The van der Waals surface area contributed by atoms with Gasteiger partial charge >= 0.3 is 11.9 Å². The van der Waals surface area contributed by atoms with Crippen LogP contribution in [-0.2, 0) is 28.7 Å². The normalized spacial score (nSPS) is 16.0. The first-order valence-corrected chi connectivity index (χ1v) is 27.8. The Kier molecular flexibility index (Phi) is 21.5. The number of benzene rings is 4. The molecule has 0 unspecified atom stereocenters. The van der Waals surface area contributed by atoms with Crippen LogP contribution in [0.5, 0.6) is 0 Å². The highest BCUT2D eigenvalue weighted by Gasteiger charge is 2.30. The summed E-state index contributed by atoms with van der Waals surface area (Å²) in [5.74, 6) is -1.87. The van der Waals surface area contributed by atoms with Crippen LogP contribution in [0, 0.1) is 11.8 Å². The van der Waals surface area contributed by atoms with Crippen molar-refractivity contribution in [3.8, 4) is 0 Å². The van der Waals surface area contributed by atoms with Crippen molar-refractivity contribution >= 4 is 56.9 Å². The Morgan fingerprint density at radius 3 is 1.38 bits per heavy atom. The van der Waals surface area contributed by atoms with E-state index in [1.165, 1.54) is 54.6 Å². The fourth-order valence-corrected chi connectivity index (χ4v) is 10.4. The van der Waals surface area contributed by atoms with Gasteiger partial charge in [-0.2, -0.15) is 0 Å². The van der Waals surface area contributed by atoms with Crippen LogP contribution < -0.4 is 31.6 Å². The molecular weight excluding hydrogens is 989 g/mol. The lowest BCUT2D eigenvalue weighted by atomic mass is 9.99. The zero-order chi connectivity index (χ0) is 55.6. The summed E-state index contributed by atoms with van der Waals surface area (Å²) in [6, 6.07) is 27.0. The van der Waals surface area contributed by atoms with Gasteiger partial charge in [0.1, 0.15) is 12.1 Å². The van der Waals surface area contributed by atoms with E-state index in [2.05, 4.69) is 36.5 Å². The molecule has 0 saturated carbocycles. The van der Waals surface area contributed by atoms with Crippen molar-refractivity contribution in [3.63, 3.8) is 0 Å². The highest BCUT2D eigenvalue weighted by atomic mass is 16.5. The Morgan fingerprint density at radius 2 is 1.00 bits per heavy atom. The Balaban J connectivity index is 0.000000207. The van der Waals surface area contributed by atoms with E-state index >= 15 is 0 Å². The molecule has 0 spiro atoms. The number of aromatic nitrogens is 4. The quantitative estimate of drug-likeness (QED) is 0.0687. The fraction of sp³-hybridized carbons (Fsp3) is 0.475. The molecule has 4 aromatic carbocycles. The third kappa shape index (κ3) is 16.1. The second-order valence-electron chi connectivity index (χ2n) is 21.3. The maximum Gasteiger partial charge on any atom is 0.307 e. The number of carboxylic acids is 1. The average molecular weight is 1070 g/mol. The molecule has 3 fully saturated rings. The van der Waals surface area contributed by atoms with E-state index in [0.29, 0.717) is 34.6 Å². The third-order valence-corrected chi connectivity index (χ3v) is 14.5. The number of methoxy groups -OCH3 is 1. The molecule has 17 nitrogen and oxygen atoms in total. The van der Waals surface area contributed by atoms with Gasteiger partial charge in [0, 0.05) is 50.8 Å². The van der Waals surface area contributed by atoms with Gasteiger partial charge in [0.2, 0.25) is 11.8 Å². The number of para-hydroxylation sites is 2. The summed E-state index contributed by atoms with van der Waals surface area (Å²) >= 11 is 0. The van der Waals surface area contributed by atoms with Gasteiger partial charge in [-0.25, -0.2) is 9.97 Å². The molecule has 78 heavy (non-hydrogen) atoms. The van der Waals surface area contributed by atoms with Crippen molar-refractivity contribution in [2.75, 3.05) is 56.3 Å². The van der Waals surface area contributed by atoms with Crippen molar-refractivity contribution in [3.05, 3.63) is 142 Å². The molecule has 17 heteroatoms. The molecule has 3 aliphatic rings. The lowest BCUT2D eigenvalue weighted by molar-refractivity contribution is -0.142. The van der Waals surface area contributed by atoms with Gasteiger partial charge in [0.25, 0.3) is 11.1 Å². The molecule has 0 radical (unpaired) electrons. The molecule has 5 heterocycles. The Labute approximate surface area is 457 Å². The van der Waals surface area contributed by atoms with Crippen molar-refractivity contribution in [1.82, 2.24) is 29.7 Å². The summed E-state index contributed by atoms with van der Waals surface area (Å²) in [7, 11) is 1.34. The fourth-order valence-electron chi connectivity index (χ4n) is 10.4. The zero-order valence-electron chi connectivity index (χ0n) is 46.0. The monoisotopic (exact) mass is 1070 g/mol. The second-order valence-corrected chi connectivity index (χ2v) is 21.3. The lowest BCUT2D eigenvalue weighted by Gasteiger charge is -2.30. The Bertz CT molecular complexity index is 3060. The highest BCUT2D eigenvalue weighted by molar-refractivity contribution is 5.84. The average Bonchev–Trinajstić information content (AvgIpc) is 4.06. The van der Waals surface area contributed by atoms with Gasteiger partial charge in [0.05, 0.1) is 66.5 Å². The van der Waals surface area contributed by atoms with Gasteiger partial charge < -0.3 is 35.0 Å². The number of rotatable bonds is 18. The predicted molar refractivity (Wildman–Crippen MR) is 305 cm³/mol. The summed E-state index contributed by atoms with van der Waals surface area (Å²) in [6.07, 6.45) is 13.0. The molecule has 416 valence electrons. The van der Waals surface area contributed by atoms with Crippen molar-refractivity contribution in [2.45, 2.75) is 129 Å². The predicted octanol–water partition coefficient (Wildman–Crippen LogP) is 9.50. The van der Waals surface area contributed by atoms with Gasteiger partial charge in [-0.1, -0.05) is 76.2 Å². The number of amides is 2. The first-order chi connectivity index (χ1) is 37.7. The lowest BCUT2D eigenvalue weighted by Crippen LogP contribution is -2.40. The number of nitrogens with zero attached hydrogens (tertiary/aromatic N) is 6. The van der Waals surface area contributed by atoms with Crippen molar-refractivity contribution < 1.29 is 33.8 Å². The molecule has 9 rings (SSSR count). The number of fused-ring (bicyclic) bond motifs is 2. The highest BCUT2D eigenvalue weighted by Crippen LogP contribution is 2.29. The minimum absolute atomic E-state index is 0.00897. The first kappa shape index (κ1) is 58.3. The van der Waals surface area contributed by atoms with Crippen molar-refractivity contribution in [1.29, 1.82) is 0 Å². The van der Waals surface area contributed by atoms with E-state index in [4.69, 9.17) is 9.47 Å². The number of aliphatic carboxylic acids is 1. The summed E-state index contributed by atoms with van der Waals surface area (Å²) in [6.45, 7) is 13.9. The SMILES string of the molecule is C1CCOC1.CC(C)C[C@@H](C(=O)N[C@@H](CC(=O)O)c1cccc(N2CCCCC2)c1)n1cnc2ccccc2c1=O.COC(=O)C[C@H](NC(=O)[C@H](CC(C)C)n1cnc2ccccc2c1=O)c1cccc(N2CCCCC2)c1. The van der Waals surface area contributed by atoms with Gasteiger partial charge in [-0.05, 0) is 136 Å². The Hall–Kier alpha value is -7.40. The molecule has 3 N–H and O–H groups in total. The molecular formula is C61H78N8O9. The number of ether oxygens (including phenoxy) is 2. The summed E-state index contributed by atoms with van der Waals surface area (Å²) in [5, 5.41) is 16.5. The van der Waals surface area contributed by atoms with E-state index in [-0.39, 0.29) is 41.7 Å². The minimum atomic E-state index is -1.01. The molecule has 0 aliphatic carbocycles. The van der Waals surface area contributed by atoms with Crippen LogP contribution in [0.3, 0.4) is 0 Å². The summed E-state index contributed by atoms with van der Waals surface area (Å²) < 4.78 is 12.7. The number of carbonyl (C=O) groups is 4. The maximum absolute atomic E-state index is 13.7. The number of nitrogens with one attached hydrogen (secondary N) is 2. The topological polar surface area (TPSA) is 207 Å². The van der Waals surface area contributed by atoms with E-state index in [0.717, 1.165) is 87.6 Å². The molecule has 3 saturated heterocycles. The van der Waals surface area contributed by atoms with Gasteiger partial charge in [-0.15, -0.1) is 0 Å². The van der Waals surface area contributed by atoms with Crippen LogP contribution >= 0.6 is 0 Å². The maximum atomic E-state index is 13.7. The molecule has 4 atom stereocenters. The minimum Gasteiger partial charge on any atom is -0.481 e. The molecule has 0 bridgehead atoms. The molecule has 3 aliphatic heterocycles. The molecule has 6 aromatic rings. The molecule has 2 aromatic heterocycles. The number of hydrogen-bond acceptors (Lipinski definition) is 12. The van der Waals surface area contributed by atoms with Crippen LogP contribution in [-0.4, -0.2) is 94.5 Å². The Morgan fingerprint density at radius 1 is 0.577 bits per heavy atom. The van der Waals surface area contributed by atoms with E-state index in [9.17, 15) is 33.9 Å². The number of esters is 1. The van der Waals surface area contributed by atoms with Crippen LogP contribution in [0.4, 0.5) is 11.4 Å². The standard InChI is InChI=1S/C29H36N4O4.C28H34N4O4.C4H8O/c1-20(2)16-26(33-19-30-24-13-6-5-12-23(24)29(33)36)28(35)31-25(18-27(34)37-3)21-10-9-11-22(17-21)32-14-7-4-8-15-32;1-19(2)15-25(32-18-29-23-12-5-4-11-22(23)28(32)36)27(35)30-24(17-26(33)34)20-9-8-10-21(16-20)31-13-6-3-7-14-31;1-2-4-5-3-1/h5-6,9-13,17,19-20,25-26H,4,7-8,14-16,18H2,1-3H3,(H,31,35);4-5,8-12,16,18-19,24-25H,3,6-7,13-15,17H2,1-2H3,(H,30,35)(H,33,34);1-4H2/t25-,26-;24-,25-;/m00./s1. The number of piperidine rings is 2. The van der Waals surface area contributed by atoms with E-state index in [1.54, 1.807) is 36.4 Å². The zero-order valence-corrected chi connectivity index (χ0v) is 46.0. The molecule has 2 amide bonds. The largest absolute Gasteiger partial charge is 0.481 e. The van der Waals surface area contributed by atoms with Crippen molar-refractivity contribution in [2.24, 2.45) is 11.8 Å². The summed E-state index contributed by atoms with van der Waals surface area (Å²) in [4.78, 5) is 91.5. The van der Waals surface area contributed by atoms with Gasteiger partial charge in [-0.3, -0.25) is 37.9 Å². The second kappa shape index (κ2) is 28.8. The van der Waals surface area contributed by atoms with E-state index < -0.39 is 42.0 Å².